The third-order valence-electron chi connectivity index (χ3n) is 2.76. The second-order valence-electron chi connectivity index (χ2n) is 4.36. The molecule has 0 saturated carbocycles. The number of carbonyl (C=O) groups is 1. The van der Waals surface area contributed by atoms with E-state index in [1.165, 1.54) is 6.92 Å². The highest BCUT2D eigenvalue weighted by Crippen LogP contribution is 2.29. The van der Waals surface area contributed by atoms with Gasteiger partial charge in [0.1, 0.15) is 11.5 Å². The molecule has 0 aliphatic carbocycles. The Morgan fingerprint density at radius 1 is 1.40 bits per heavy atom. The lowest BCUT2D eigenvalue weighted by atomic mass is 10.1. The van der Waals surface area contributed by atoms with Gasteiger partial charge in [-0.3, -0.25) is 4.79 Å². The van der Waals surface area contributed by atoms with Crippen molar-refractivity contribution in [3.63, 3.8) is 0 Å². The maximum atomic E-state index is 11.6. The molecular formula is C14H16N2O4. The van der Waals surface area contributed by atoms with Crippen LogP contribution in [0, 0.1) is 6.92 Å². The monoisotopic (exact) mass is 276 g/mol. The molecule has 0 saturated heterocycles. The van der Waals surface area contributed by atoms with Crippen molar-refractivity contribution in [2.45, 2.75) is 26.9 Å². The first-order valence-corrected chi connectivity index (χ1v) is 6.17. The Morgan fingerprint density at radius 2 is 2.15 bits per heavy atom. The molecule has 0 bridgehead atoms. The van der Waals surface area contributed by atoms with E-state index in [-0.39, 0.29) is 5.78 Å². The second kappa shape index (κ2) is 5.73. The highest BCUT2D eigenvalue weighted by Gasteiger charge is 2.18. The predicted molar refractivity (Wildman–Crippen MR) is 71.1 cm³/mol. The summed E-state index contributed by atoms with van der Waals surface area (Å²) in [6, 6.07) is 5.05. The third kappa shape index (κ3) is 2.96. The van der Waals surface area contributed by atoms with Gasteiger partial charge in [-0.05, 0) is 32.9 Å². The van der Waals surface area contributed by atoms with Gasteiger partial charge in [0, 0.05) is 6.07 Å². The number of aryl methyl sites for hydroxylation is 1. The van der Waals surface area contributed by atoms with E-state index in [1.807, 2.05) is 0 Å². The molecule has 0 N–H and O–H groups in total. The summed E-state index contributed by atoms with van der Waals surface area (Å²) in [5.41, 5.74) is 0.480. The summed E-state index contributed by atoms with van der Waals surface area (Å²) in [6.07, 6.45) is -0.457. The lowest BCUT2D eigenvalue weighted by Gasteiger charge is -2.14. The number of carbonyl (C=O) groups excluding carboxylic acids is 1. The smallest absolute Gasteiger partial charge is 0.267 e. The number of nitrogens with zero attached hydrogens (tertiary/aromatic N) is 2. The fraction of sp³-hybridized carbons (Fsp3) is 0.357. The minimum Gasteiger partial charge on any atom is -0.497 e. The Hall–Kier alpha value is -2.37. The number of hydrogen-bond donors (Lipinski definition) is 0. The average Bonchev–Trinajstić information content (AvgIpc) is 2.85. The summed E-state index contributed by atoms with van der Waals surface area (Å²) in [5.74, 6) is 1.85. The lowest BCUT2D eigenvalue weighted by molar-refractivity contribution is 0.100. The molecule has 0 radical (unpaired) electrons. The first-order valence-electron chi connectivity index (χ1n) is 6.17. The third-order valence-corrected chi connectivity index (χ3v) is 2.76. The number of rotatable bonds is 5. The van der Waals surface area contributed by atoms with Gasteiger partial charge in [-0.25, -0.2) is 0 Å². The Balaban J connectivity index is 2.29. The van der Waals surface area contributed by atoms with Gasteiger partial charge in [-0.2, -0.15) is 4.98 Å². The molecule has 0 fully saturated rings. The van der Waals surface area contributed by atoms with E-state index < -0.39 is 6.10 Å². The van der Waals surface area contributed by atoms with Crippen LogP contribution < -0.4 is 9.47 Å². The number of benzene rings is 1. The van der Waals surface area contributed by atoms with E-state index in [1.54, 1.807) is 39.2 Å². The topological polar surface area (TPSA) is 74.5 Å². The van der Waals surface area contributed by atoms with Crippen LogP contribution in [0.2, 0.25) is 0 Å². The highest BCUT2D eigenvalue weighted by atomic mass is 16.5. The SMILES string of the molecule is COc1ccc(C(C)=O)c(OC(C)c2nc(C)no2)c1. The molecule has 0 aliphatic heterocycles. The van der Waals surface area contributed by atoms with Crippen LogP contribution in [0.15, 0.2) is 22.7 Å². The Bertz CT molecular complexity index is 621. The van der Waals surface area contributed by atoms with E-state index in [0.717, 1.165) is 0 Å². The standard InChI is InChI=1S/C14H16N2O4/c1-8(17)12-6-5-11(18-4)7-13(12)19-9(2)14-15-10(3)16-20-14/h5-7,9H,1-4H3. The van der Waals surface area contributed by atoms with Gasteiger partial charge in [-0.15, -0.1) is 0 Å². The number of ether oxygens (including phenoxy) is 2. The van der Waals surface area contributed by atoms with Crippen LogP contribution in [0.1, 0.15) is 42.0 Å². The summed E-state index contributed by atoms with van der Waals surface area (Å²) < 4.78 is 15.9. The molecule has 1 heterocycles. The fourth-order valence-electron chi connectivity index (χ4n) is 1.74. The molecule has 1 unspecified atom stereocenters. The minimum absolute atomic E-state index is 0.0865. The van der Waals surface area contributed by atoms with E-state index in [2.05, 4.69) is 10.1 Å². The zero-order valence-electron chi connectivity index (χ0n) is 11.8. The Labute approximate surface area is 116 Å². The molecule has 1 aromatic carbocycles. The van der Waals surface area contributed by atoms with E-state index in [4.69, 9.17) is 14.0 Å². The molecule has 2 rings (SSSR count). The summed E-state index contributed by atoms with van der Waals surface area (Å²) >= 11 is 0. The van der Waals surface area contributed by atoms with Crippen molar-refractivity contribution in [3.05, 3.63) is 35.5 Å². The number of ketones is 1. The zero-order valence-corrected chi connectivity index (χ0v) is 11.8. The van der Waals surface area contributed by atoms with Crippen molar-refractivity contribution in [3.8, 4) is 11.5 Å². The highest BCUT2D eigenvalue weighted by molar-refractivity contribution is 5.97. The van der Waals surface area contributed by atoms with Gasteiger partial charge < -0.3 is 14.0 Å². The average molecular weight is 276 g/mol. The first-order chi connectivity index (χ1) is 9.51. The van der Waals surface area contributed by atoms with E-state index >= 15 is 0 Å². The Morgan fingerprint density at radius 3 is 2.70 bits per heavy atom. The molecule has 6 nitrogen and oxygen atoms in total. The molecule has 0 spiro atoms. The molecule has 1 aromatic heterocycles. The fourth-order valence-corrected chi connectivity index (χ4v) is 1.74. The number of Topliss-reactive ketones (excluding diaryl/α,β-unsaturated/α-hetero) is 1. The van der Waals surface area contributed by atoms with E-state index in [9.17, 15) is 4.79 Å². The van der Waals surface area contributed by atoms with Crippen molar-refractivity contribution >= 4 is 5.78 Å². The maximum Gasteiger partial charge on any atom is 0.267 e. The summed E-state index contributed by atoms with van der Waals surface area (Å²) in [4.78, 5) is 15.7. The molecular weight excluding hydrogens is 260 g/mol. The second-order valence-corrected chi connectivity index (χ2v) is 4.36. The van der Waals surface area contributed by atoms with Gasteiger partial charge in [-0.1, -0.05) is 5.16 Å². The predicted octanol–water partition coefficient (Wildman–Crippen LogP) is 2.73. The molecule has 2 aromatic rings. The van der Waals surface area contributed by atoms with Gasteiger partial charge >= 0.3 is 0 Å². The summed E-state index contributed by atoms with van der Waals surface area (Å²) in [6.45, 7) is 4.98. The largest absolute Gasteiger partial charge is 0.497 e. The van der Waals surface area contributed by atoms with Crippen LogP contribution >= 0.6 is 0 Å². The zero-order chi connectivity index (χ0) is 14.7. The van der Waals surface area contributed by atoms with Crippen LogP contribution in [0.25, 0.3) is 0 Å². The van der Waals surface area contributed by atoms with Crippen LogP contribution in [0.3, 0.4) is 0 Å². The van der Waals surface area contributed by atoms with Gasteiger partial charge in [0.05, 0.1) is 12.7 Å². The maximum absolute atomic E-state index is 11.6. The van der Waals surface area contributed by atoms with Crippen molar-refractivity contribution in [2.24, 2.45) is 0 Å². The van der Waals surface area contributed by atoms with Crippen LogP contribution in [-0.2, 0) is 0 Å². The molecule has 0 amide bonds. The normalized spacial score (nSPS) is 12.0. The van der Waals surface area contributed by atoms with Gasteiger partial charge in [0.2, 0.25) is 0 Å². The van der Waals surface area contributed by atoms with Crippen LogP contribution in [0.5, 0.6) is 11.5 Å². The molecule has 106 valence electrons. The number of aromatic nitrogens is 2. The summed E-state index contributed by atoms with van der Waals surface area (Å²) in [5, 5.41) is 3.71. The lowest BCUT2D eigenvalue weighted by Crippen LogP contribution is -2.07. The quantitative estimate of drug-likeness (QED) is 0.782. The van der Waals surface area contributed by atoms with Crippen LogP contribution in [0.4, 0.5) is 0 Å². The van der Waals surface area contributed by atoms with Crippen molar-refractivity contribution in [1.29, 1.82) is 0 Å². The Kier molecular flexibility index (Phi) is 4.02. The van der Waals surface area contributed by atoms with Crippen molar-refractivity contribution < 1.29 is 18.8 Å². The number of methoxy groups -OCH3 is 1. The molecule has 1 atom stereocenters. The number of hydrogen-bond acceptors (Lipinski definition) is 6. The van der Waals surface area contributed by atoms with E-state index in [0.29, 0.717) is 28.8 Å². The first kappa shape index (κ1) is 14.0. The summed E-state index contributed by atoms with van der Waals surface area (Å²) in [7, 11) is 1.55. The van der Waals surface area contributed by atoms with Gasteiger partial charge in [0.15, 0.2) is 17.7 Å². The van der Waals surface area contributed by atoms with Crippen molar-refractivity contribution in [1.82, 2.24) is 10.1 Å². The van der Waals surface area contributed by atoms with Crippen LogP contribution in [-0.4, -0.2) is 23.0 Å². The van der Waals surface area contributed by atoms with Gasteiger partial charge in [0.25, 0.3) is 5.89 Å². The molecule has 6 heteroatoms. The van der Waals surface area contributed by atoms with Crippen molar-refractivity contribution in [2.75, 3.05) is 7.11 Å². The molecule has 0 aliphatic rings. The minimum atomic E-state index is -0.457. The molecule has 20 heavy (non-hydrogen) atoms.